The average molecular weight is 218 g/mol. The highest BCUT2D eigenvalue weighted by Crippen LogP contribution is 2.18. The van der Waals surface area contributed by atoms with Gasteiger partial charge in [-0.2, -0.15) is 0 Å². The minimum absolute atomic E-state index is 0. The zero-order valence-corrected chi connectivity index (χ0v) is 8.50. The lowest BCUT2D eigenvalue weighted by atomic mass is 10.1. The Morgan fingerprint density at radius 3 is 2.64 bits per heavy atom. The standard InChI is InChI=1S/C9H11NO3.ClH/c1-13-8-3-2-6(9(11)12)4-7(8)5-10;/h2-4H,5,10H2,1H3,(H,11,12);1H. The molecule has 14 heavy (non-hydrogen) atoms. The molecule has 1 aromatic rings. The molecule has 0 aliphatic carbocycles. The number of nitrogens with two attached hydrogens (primary N) is 1. The molecule has 0 fully saturated rings. The first-order valence-corrected chi connectivity index (χ1v) is 3.79. The summed E-state index contributed by atoms with van der Waals surface area (Å²) >= 11 is 0. The van der Waals surface area contributed by atoms with Gasteiger partial charge in [0.2, 0.25) is 0 Å². The third-order valence-electron chi connectivity index (χ3n) is 1.75. The molecule has 0 atom stereocenters. The van der Waals surface area contributed by atoms with Gasteiger partial charge in [0.15, 0.2) is 0 Å². The van der Waals surface area contributed by atoms with Crippen LogP contribution in [0.4, 0.5) is 0 Å². The Hall–Kier alpha value is -1.26. The summed E-state index contributed by atoms with van der Waals surface area (Å²) in [6.45, 7) is 0.268. The van der Waals surface area contributed by atoms with Crippen LogP contribution in [0.5, 0.6) is 5.75 Å². The summed E-state index contributed by atoms with van der Waals surface area (Å²) in [7, 11) is 1.52. The van der Waals surface area contributed by atoms with Gasteiger partial charge in [-0.15, -0.1) is 12.4 Å². The fourth-order valence-electron chi connectivity index (χ4n) is 1.07. The van der Waals surface area contributed by atoms with Crippen LogP contribution in [0.1, 0.15) is 15.9 Å². The van der Waals surface area contributed by atoms with Gasteiger partial charge in [-0.3, -0.25) is 0 Å². The molecule has 3 N–H and O–H groups in total. The van der Waals surface area contributed by atoms with Gasteiger partial charge >= 0.3 is 5.97 Å². The lowest BCUT2D eigenvalue weighted by Gasteiger charge is -2.06. The molecule has 0 bridgehead atoms. The van der Waals surface area contributed by atoms with Gasteiger partial charge in [0, 0.05) is 12.1 Å². The van der Waals surface area contributed by atoms with E-state index < -0.39 is 5.97 Å². The third-order valence-corrected chi connectivity index (χ3v) is 1.75. The monoisotopic (exact) mass is 217 g/mol. The first-order chi connectivity index (χ1) is 6.19. The Morgan fingerprint density at radius 1 is 1.57 bits per heavy atom. The molecule has 0 aliphatic heterocycles. The van der Waals surface area contributed by atoms with Crippen LogP contribution in [0, 0.1) is 0 Å². The van der Waals surface area contributed by atoms with Gasteiger partial charge in [0.1, 0.15) is 5.75 Å². The molecule has 0 radical (unpaired) electrons. The fraction of sp³-hybridized carbons (Fsp3) is 0.222. The largest absolute Gasteiger partial charge is 0.496 e. The second-order valence-corrected chi connectivity index (χ2v) is 2.54. The summed E-state index contributed by atoms with van der Waals surface area (Å²) < 4.78 is 5.00. The maximum Gasteiger partial charge on any atom is 0.335 e. The smallest absolute Gasteiger partial charge is 0.335 e. The maximum absolute atomic E-state index is 10.6. The van der Waals surface area contributed by atoms with Crippen molar-refractivity contribution in [1.82, 2.24) is 0 Å². The number of methoxy groups -OCH3 is 1. The minimum atomic E-state index is -0.961. The molecule has 1 rings (SSSR count). The molecule has 0 aliphatic rings. The highest BCUT2D eigenvalue weighted by molar-refractivity contribution is 5.88. The van der Waals surface area contributed by atoms with Crippen LogP contribution in [0.2, 0.25) is 0 Å². The lowest BCUT2D eigenvalue weighted by Crippen LogP contribution is -2.03. The predicted molar refractivity (Wildman–Crippen MR) is 55.1 cm³/mol. The van der Waals surface area contributed by atoms with Gasteiger partial charge in [0.25, 0.3) is 0 Å². The summed E-state index contributed by atoms with van der Waals surface area (Å²) in [5.41, 5.74) is 6.34. The molecule has 5 heteroatoms. The SMILES string of the molecule is COc1ccc(C(=O)O)cc1CN.Cl. The molecule has 4 nitrogen and oxygen atoms in total. The van der Waals surface area contributed by atoms with Crippen molar-refractivity contribution in [2.75, 3.05) is 7.11 Å². The van der Waals surface area contributed by atoms with E-state index in [2.05, 4.69) is 0 Å². The van der Waals surface area contributed by atoms with Crippen molar-refractivity contribution < 1.29 is 14.6 Å². The van der Waals surface area contributed by atoms with Gasteiger partial charge in [-0.25, -0.2) is 4.79 Å². The van der Waals surface area contributed by atoms with E-state index in [-0.39, 0.29) is 24.5 Å². The maximum atomic E-state index is 10.6. The minimum Gasteiger partial charge on any atom is -0.496 e. The Balaban J connectivity index is 0.00000169. The summed E-state index contributed by atoms with van der Waals surface area (Å²) in [5.74, 6) is -0.343. The van der Waals surface area contributed by atoms with Crippen LogP contribution in [-0.4, -0.2) is 18.2 Å². The average Bonchev–Trinajstić information content (AvgIpc) is 2.16. The number of rotatable bonds is 3. The first-order valence-electron chi connectivity index (χ1n) is 3.79. The van der Waals surface area contributed by atoms with Crippen molar-refractivity contribution in [3.05, 3.63) is 29.3 Å². The van der Waals surface area contributed by atoms with Crippen LogP contribution in [0.25, 0.3) is 0 Å². The Kier molecular flexibility index (Phi) is 4.97. The summed E-state index contributed by atoms with van der Waals surface area (Å²) in [4.78, 5) is 10.6. The second-order valence-electron chi connectivity index (χ2n) is 2.54. The molecule has 0 spiro atoms. The molecular weight excluding hydrogens is 206 g/mol. The fourth-order valence-corrected chi connectivity index (χ4v) is 1.07. The normalized spacial score (nSPS) is 9.00. The molecule has 78 valence electrons. The molecule has 0 saturated carbocycles. The highest BCUT2D eigenvalue weighted by atomic mass is 35.5. The summed E-state index contributed by atoms with van der Waals surface area (Å²) in [6, 6.07) is 4.60. The third kappa shape index (κ3) is 2.61. The van der Waals surface area contributed by atoms with Crippen molar-refractivity contribution >= 4 is 18.4 Å². The van der Waals surface area contributed by atoms with Crippen LogP contribution in [0.3, 0.4) is 0 Å². The molecule has 1 aromatic carbocycles. The molecule has 0 aromatic heterocycles. The first kappa shape index (κ1) is 12.7. The number of benzene rings is 1. The summed E-state index contributed by atoms with van der Waals surface area (Å²) in [5, 5.41) is 8.69. The number of ether oxygens (including phenoxy) is 1. The second kappa shape index (κ2) is 5.47. The number of carboxylic acids is 1. The van der Waals surface area contributed by atoms with Crippen LogP contribution in [-0.2, 0) is 6.54 Å². The van der Waals surface area contributed by atoms with E-state index in [9.17, 15) is 4.79 Å². The molecular formula is C9H12ClNO3. The Morgan fingerprint density at radius 2 is 2.21 bits per heavy atom. The lowest BCUT2D eigenvalue weighted by molar-refractivity contribution is 0.0696. The number of carbonyl (C=O) groups is 1. The van der Waals surface area contributed by atoms with Crippen LogP contribution in [0.15, 0.2) is 18.2 Å². The van der Waals surface area contributed by atoms with Gasteiger partial charge in [0.05, 0.1) is 12.7 Å². The van der Waals surface area contributed by atoms with E-state index in [1.54, 1.807) is 6.07 Å². The van der Waals surface area contributed by atoms with Crippen molar-refractivity contribution in [3.8, 4) is 5.75 Å². The van der Waals surface area contributed by atoms with Crippen molar-refractivity contribution in [2.24, 2.45) is 5.73 Å². The molecule has 0 amide bonds. The Bertz CT molecular complexity index is 328. The van der Waals surface area contributed by atoms with E-state index in [0.29, 0.717) is 11.3 Å². The van der Waals surface area contributed by atoms with E-state index in [1.165, 1.54) is 19.2 Å². The Labute approximate surface area is 88.1 Å². The van der Waals surface area contributed by atoms with Gasteiger partial charge in [-0.05, 0) is 18.2 Å². The predicted octanol–water partition coefficient (Wildman–Crippen LogP) is 1.27. The van der Waals surface area contributed by atoms with E-state index >= 15 is 0 Å². The molecule has 0 saturated heterocycles. The van der Waals surface area contributed by atoms with Crippen LogP contribution < -0.4 is 10.5 Å². The van der Waals surface area contributed by atoms with Gasteiger partial charge in [-0.1, -0.05) is 0 Å². The van der Waals surface area contributed by atoms with E-state index in [4.69, 9.17) is 15.6 Å². The summed E-state index contributed by atoms with van der Waals surface area (Å²) in [6.07, 6.45) is 0. The van der Waals surface area contributed by atoms with Crippen molar-refractivity contribution in [3.63, 3.8) is 0 Å². The topological polar surface area (TPSA) is 72.5 Å². The van der Waals surface area contributed by atoms with Gasteiger partial charge < -0.3 is 15.6 Å². The highest BCUT2D eigenvalue weighted by Gasteiger charge is 2.06. The van der Waals surface area contributed by atoms with Crippen molar-refractivity contribution in [1.29, 1.82) is 0 Å². The molecule has 0 heterocycles. The van der Waals surface area contributed by atoms with Crippen LogP contribution >= 0.6 is 12.4 Å². The number of halogens is 1. The number of carboxylic acid groups (broad SMARTS) is 1. The number of aromatic carboxylic acids is 1. The zero-order chi connectivity index (χ0) is 9.84. The number of hydrogen-bond donors (Lipinski definition) is 2. The quantitative estimate of drug-likeness (QED) is 0.800. The van der Waals surface area contributed by atoms with E-state index in [0.717, 1.165) is 0 Å². The zero-order valence-electron chi connectivity index (χ0n) is 7.69. The van der Waals surface area contributed by atoms with E-state index in [1.807, 2.05) is 0 Å². The molecule has 0 unspecified atom stereocenters. The van der Waals surface area contributed by atoms with Crippen molar-refractivity contribution in [2.45, 2.75) is 6.54 Å². The number of hydrogen-bond acceptors (Lipinski definition) is 3.